The average Bonchev–Trinajstić information content (AvgIpc) is 3.27. The van der Waals surface area contributed by atoms with Crippen molar-refractivity contribution < 1.29 is 19.5 Å². The fraction of sp³-hybridized carbons (Fsp3) is 0.467. The number of fused-ring (bicyclic) bond motifs is 1. The Hall–Kier alpha value is -2.08. The first-order chi connectivity index (χ1) is 10.0. The van der Waals surface area contributed by atoms with Crippen LogP contribution in [-0.2, 0) is 11.3 Å². The van der Waals surface area contributed by atoms with Gasteiger partial charge in [0.25, 0.3) is 5.91 Å². The lowest BCUT2D eigenvalue weighted by Gasteiger charge is -2.23. The minimum absolute atomic E-state index is 0.177. The summed E-state index contributed by atoms with van der Waals surface area (Å²) in [5, 5.41) is 8.67. The molecule has 1 fully saturated rings. The number of carbonyl (C=O) groups is 2. The van der Waals surface area contributed by atoms with Gasteiger partial charge in [-0.25, -0.2) is 5.48 Å². The zero-order chi connectivity index (χ0) is 15.0. The molecule has 112 valence electrons. The number of ether oxygens (including phenoxy) is 1. The van der Waals surface area contributed by atoms with Crippen LogP contribution in [-0.4, -0.2) is 35.1 Å². The lowest BCUT2D eigenvalue weighted by molar-refractivity contribution is -0.137. The first kappa shape index (κ1) is 13.9. The van der Waals surface area contributed by atoms with Gasteiger partial charge in [0.15, 0.2) is 0 Å². The Morgan fingerprint density at radius 2 is 2.14 bits per heavy atom. The fourth-order valence-electron chi connectivity index (χ4n) is 2.53. The van der Waals surface area contributed by atoms with Crippen molar-refractivity contribution in [3.63, 3.8) is 0 Å². The number of hydroxylamine groups is 1. The largest absolute Gasteiger partial charge is 0.491 e. The summed E-state index contributed by atoms with van der Waals surface area (Å²) in [6, 6.07) is 4.97. The van der Waals surface area contributed by atoms with E-state index in [0.29, 0.717) is 31.0 Å². The molecule has 1 heterocycles. The average molecular weight is 290 g/mol. The molecule has 0 unspecified atom stereocenters. The third kappa shape index (κ3) is 2.58. The molecule has 1 aliphatic carbocycles. The molecule has 2 aliphatic rings. The Bertz CT molecular complexity index is 595. The number of hydrogen-bond donors (Lipinski definition) is 2. The highest BCUT2D eigenvalue weighted by Gasteiger charge is 2.47. The zero-order valence-electron chi connectivity index (χ0n) is 11.9. The highest BCUT2D eigenvalue weighted by atomic mass is 16.5. The lowest BCUT2D eigenvalue weighted by Crippen LogP contribution is -2.37. The van der Waals surface area contributed by atoms with Crippen molar-refractivity contribution in [1.82, 2.24) is 10.4 Å². The van der Waals surface area contributed by atoms with Crippen molar-refractivity contribution >= 4 is 11.8 Å². The van der Waals surface area contributed by atoms with E-state index in [0.717, 1.165) is 18.4 Å². The van der Waals surface area contributed by atoms with Crippen LogP contribution in [0.15, 0.2) is 18.2 Å². The van der Waals surface area contributed by atoms with Crippen LogP contribution in [0.2, 0.25) is 0 Å². The predicted octanol–water partition coefficient (Wildman–Crippen LogP) is 1.33. The monoisotopic (exact) mass is 290 g/mol. The summed E-state index contributed by atoms with van der Waals surface area (Å²) in [6.45, 7) is 3.44. The van der Waals surface area contributed by atoms with E-state index < -0.39 is 5.91 Å². The van der Waals surface area contributed by atoms with Gasteiger partial charge < -0.3 is 9.64 Å². The van der Waals surface area contributed by atoms with Crippen molar-refractivity contribution in [2.45, 2.75) is 26.3 Å². The van der Waals surface area contributed by atoms with Crippen LogP contribution < -0.4 is 10.2 Å². The standard InChI is InChI=1S/C15H18N2O4/c1-15(4-5-15)14(19)17-6-7-21-12-8-10(13(18)16-20)2-3-11(12)9-17/h2-3,8,20H,4-7,9H2,1H3,(H,16,18). The SMILES string of the molecule is CC1(C(=O)N2CCOc3cc(C(=O)NO)ccc3C2)CC1. The van der Waals surface area contributed by atoms with E-state index in [1.54, 1.807) is 23.7 Å². The van der Waals surface area contributed by atoms with Crippen LogP contribution >= 0.6 is 0 Å². The number of benzene rings is 1. The Balaban J connectivity index is 1.83. The van der Waals surface area contributed by atoms with Crippen LogP contribution in [0.1, 0.15) is 35.7 Å². The van der Waals surface area contributed by atoms with Gasteiger partial charge in [-0.05, 0) is 25.0 Å². The van der Waals surface area contributed by atoms with E-state index in [1.807, 2.05) is 11.8 Å². The van der Waals surface area contributed by atoms with Gasteiger partial charge in [-0.2, -0.15) is 0 Å². The molecule has 21 heavy (non-hydrogen) atoms. The summed E-state index contributed by atoms with van der Waals surface area (Å²) in [5.74, 6) is 0.188. The molecule has 1 aromatic carbocycles. The van der Waals surface area contributed by atoms with Crippen molar-refractivity contribution in [3.05, 3.63) is 29.3 Å². The minimum Gasteiger partial charge on any atom is -0.491 e. The Labute approximate surface area is 122 Å². The molecule has 0 saturated heterocycles. The number of rotatable bonds is 2. The maximum atomic E-state index is 12.4. The van der Waals surface area contributed by atoms with Crippen molar-refractivity contribution in [2.24, 2.45) is 5.41 Å². The maximum Gasteiger partial charge on any atom is 0.274 e. The summed E-state index contributed by atoms with van der Waals surface area (Å²) in [5.41, 5.74) is 2.61. The third-order valence-electron chi connectivity index (χ3n) is 4.21. The van der Waals surface area contributed by atoms with Gasteiger partial charge in [-0.1, -0.05) is 13.0 Å². The molecule has 2 N–H and O–H groups in total. The molecule has 6 nitrogen and oxygen atoms in total. The van der Waals surface area contributed by atoms with Crippen molar-refractivity contribution in [3.8, 4) is 5.75 Å². The van der Waals surface area contributed by atoms with Gasteiger partial charge in [-0.15, -0.1) is 0 Å². The molecule has 1 aliphatic heterocycles. The fourth-order valence-corrected chi connectivity index (χ4v) is 2.53. The van der Waals surface area contributed by atoms with Crippen LogP contribution in [0.3, 0.4) is 0 Å². The predicted molar refractivity (Wildman–Crippen MR) is 73.9 cm³/mol. The molecule has 0 bridgehead atoms. The molecular formula is C15H18N2O4. The molecule has 1 aromatic rings. The zero-order valence-corrected chi connectivity index (χ0v) is 11.9. The third-order valence-corrected chi connectivity index (χ3v) is 4.21. The lowest BCUT2D eigenvalue weighted by atomic mass is 10.1. The molecule has 3 rings (SSSR count). The second-order valence-corrected chi connectivity index (χ2v) is 5.90. The summed E-state index contributed by atoms with van der Waals surface area (Å²) >= 11 is 0. The van der Waals surface area contributed by atoms with Gasteiger partial charge >= 0.3 is 0 Å². The topological polar surface area (TPSA) is 78.9 Å². The summed E-state index contributed by atoms with van der Waals surface area (Å²) in [4.78, 5) is 25.7. The van der Waals surface area contributed by atoms with E-state index in [4.69, 9.17) is 9.94 Å². The molecule has 0 aromatic heterocycles. The molecular weight excluding hydrogens is 272 g/mol. The van der Waals surface area contributed by atoms with E-state index in [-0.39, 0.29) is 11.3 Å². The molecule has 2 amide bonds. The van der Waals surface area contributed by atoms with Gasteiger partial charge in [-0.3, -0.25) is 14.8 Å². The summed E-state index contributed by atoms with van der Waals surface area (Å²) < 4.78 is 5.64. The second kappa shape index (κ2) is 5.04. The first-order valence-corrected chi connectivity index (χ1v) is 7.03. The molecule has 1 saturated carbocycles. The highest BCUT2D eigenvalue weighted by Crippen LogP contribution is 2.47. The normalized spacial score (nSPS) is 19.0. The van der Waals surface area contributed by atoms with Gasteiger partial charge in [0.1, 0.15) is 12.4 Å². The molecule has 0 spiro atoms. The number of nitrogens with zero attached hydrogens (tertiary/aromatic N) is 1. The smallest absolute Gasteiger partial charge is 0.274 e. The Morgan fingerprint density at radius 1 is 1.38 bits per heavy atom. The summed E-state index contributed by atoms with van der Waals surface area (Å²) in [6.07, 6.45) is 1.90. The van der Waals surface area contributed by atoms with E-state index >= 15 is 0 Å². The minimum atomic E-state index is -0.580. The van der Waals surface area contributed by atoms with Crippen LogP contribution in [0.25, 0.3) is 0 Å². The van der Waals surface area contributed by atoms with Crippen LogP contribution in [0, 0.1) is 5.41 Å². The van der Waals surface area contributed by atoms with Gasteiger partial charge in [0, 0.05) is 23.1 Å². The number of carbonyl (C=O) groups excluding carboxylic acids is 2. The number of hydrogen-bond acceptors (Lipinski definition) is 4. The number of nitrogens with one attached hydrogen (secondary N) is 1. The van der Waals surface area contributed by atoms with Crippen LogP contribution in [0.5, 0.6) is 5.75 Å². The molecule has 6 heteroatoms. The molecule has 0 atom stereocenters. The number of amides is 2. The van der Waals surface area contributed by atoms with Crippen LogP contribution in [0.4, 0.5) is 0 Å². The van der Waals surface area contributed by atoms with Crippen molar-refractivity contribution in [2.75, 3.05) is 13.2 Å². The summed E-state index contributed by atoms with van der Waals surface area (Å²) in [7, 11) is 0. The quantitative estimate of drug-likeness (QED) is 0.636. The van der Waals surface area contributed by atoms with Gasteiger partial charge in [0.05, 0.1) is 6.54 Å². The molecule has 0 radical (unpaired) electrons. The Kier molecular flexibility index (Phi) is 3.33. The highest BCUT2D eigenvalue weighted by molar-refractivity contribution is 5.94. The van der Waals surface area contributed by atoms with E-state index in [1.165, 1.54) is 0 Å². The van der Waals surface area contributed by atoms with Crippen molar-refractivity contribution in [1.29, 1.82) is 0 Å². The van der Waals surface area contributed by atoms with Gasteiger partial charge in [0.2, 0.25) is 5.91 Å². The Morgan fingerprint density at radius 3 is 2.81 bits per heavy atom. The second-order valence-electron chi connectivity index (χ2n) is 5.90. The first-order valence-electron chi connectivity index (χ1n) is 7.03. The van der Waals surface area contributed by atoms with E-state index in [9.17, 15) is 9.59 Å². The maximum absolute atomic E-state index is 12.4. The van der Waals surface area contributed by atoms with E-state index in [2.05, 4.69) is 0 Å².